The molecule has 0 spiro atoms. The molecule has 1 saturated carbocycles. The van der Waals surface area contributed by atoms with Crippen molar-refractivity contribution >= 4 is 11.6 Å². The zero-order valence-corrected chi connectivity index (χ0v) is 8.46. The SMILES string of the molecule is C[C@H]1C[C@H]1[C@H](N)c1ccc(Cl)cc1. The molecule has 0 unspecified atom stereocenters. The second-order valence-electron chi connectivity index (χ2n) is 3.95. The van der Waals surface area contributed by atoms with Crippen LogP contribution in [0.15, 0.2) is 24.3 Å². The van der Waals surface area contributed by atoms with Crippen LogP contribution in [0, 0.1) is 11.8 Å². The summed E-state index contributed by atoms with van der Waals surface area (Å²) in [6.45, 7) is 2.25. The summed E-state index contributed by atoms with van der Waals surface area (Å²) in [7, 11) is 0. The number of rotatable bonds is 2. The summed E-state index contributed by atoms with van der Waals surface area (Å²) in [5, 5.41) is 0.778. The van der Waals surface area contributed by atoms with E-state index in [-0.39, 0.29) is 6.04 Å². The van der Waals surface area contributed by atoms with E-state index >= 15 is 0 Å². The Morgan fingerprint density at radius 1 is 1.38 bits per heavy atom. The number of hydrogen-bond acceptors (Lipinski definition) is 1. The van der Waals surface area contributed by atoms with Crippen molar-refractivity contribution in [2.45, 2.75) is 19.4 Å². The topological polar surface area (TPSA) is 26.0 Å². The summed E-state index contributed by atoms with van der Waals surface area (Å²) in [6, 6.07) is 8.07. The number of halogens is 1. The Morgan fingerprint density at radius 2 is 1.92 bits per heavy atom. The van der Waals surface area contributed by atoms with Crippen LogP contribution in [0.25, 0.3) is 0 Å². The molecule has 0 heterocycles. The highest BCUT2D eigenvalue weighted by Crippen LogP contribution is 2.45. The largest absolute Gasteiger partial charge is 0.324 e. The number of benzene rings is 1. The Bertz CT molecular complexity index is 293. The molecule has 1 aromatic rings. The van der Waals surface area contributed by atoms with Gasteiger partial charge in [0.1, 0.15) is 0 Å². The van der Waals surface area contributed by atoms with Gasteiger partial charge in [-0.2, -0.15) is 0 Å². The highest BCUT2D eigenvalue weighted by molar-refractivity contribution is 6.30. The predicted octanol–water partition coefficient (Wildman–Crippen LogP) is 3.00. The van der Waals surface area contributed by atoms with Crippen LogP contribution in [0.5, 0.6) is 0 Å². The minimum absolute atomic E-state index is 0.201. The van der Waals surface area contributed by atoms with Gasteiger partial charge in [-0.05, 0) is 36.0 Å². The summed E-state index contributed by atoms with van der Waals surface area (Å²) >= 11 is 5.80. The van der Waals surface area contributed by atoms with Gasteiger partial charge >= 0.3 is 0 Å². The Morgan fingerprint density at radius 3 is 2.38 bits per heavy atom. The van der Waals surface area contributed by atoms with Gasteiger partial charge < -0.3 is 5.73 Å². The first-order valence-corrected chi connectivity index (χ1v) is 5.07. The molecule has 3 atom stereocenters. The van der Waals surface area contributed by atoms with Gasteiger partial charge in [0.05, 0.1) is 0 Å². The fourth-order valence-electron chi connectivity index (χ4n) is 1.78. The van der Waals surface area contributed by atoms with Crippen LogP contribution in [0.4, 0.5) is 0 Å². The first kappa shape index (κ1) is 9.04. The van der Waals surface area contributed by atoms with Crippen LogP contribution in [0.3, 0.4) is 0 Å². The summed E-state index contributed by atoms with van der Waals surface area (Å²) in [4.78, 5) is 0. The summed E-state index contributed by atoms with van der Waals surface area (Å²) in [5.74, 6) is 1.48. The third-order valence-corrected chi connectivity index (χ3v) is 3.14. The van der Waals surface area contributed by atoms with E-state index in [4.69, 9.17) is 17.3 Å². The molecule has 0 amide bonds. The number of hydrogen-bond donors (Lipinski definition) is 1. The molecule has 0 radical (unpaired) electrons. The van der Waals surface area contributed by atoms with E-state index in [0.717, 1.165) is 10.9 Å². The van der Waals surface area contributed by atoms with Crippen molar-refractivity contribution in [2.24, 2.45) is 17.6 Å². The molecule has 2 N–H and O–H groups in total. The molecule has 70 valence electrons. The van der Waals surface area contributed by atoms with Crippen molar-refractivity contribution in [1.82, 2.24) is 0 Å². The van der Waals surface area contributed by atoms with E-state index in [0.29, 0.717) is 5.92 Å². The van der Waals surface area contributed by atoms with E-state index in [1.807, 2.05) is 24.3 Å². The van der Waals surface area contributed by atoms with Gasteiger partial charge in [0.2, 0.25) is 0 Å². The summed E-state index contributed by atoms with van der Waals surface area (Å²) in [5.41, 5.74) is 7.30. The van der Waals surface area contributed by atoms with Gasteiger partial charge in [-0.3, -0.25) is 0 Å². The minimum Gasteiger partial charge on any atom is -0.324 e. The Labute approximate surface area is 83.9 Å². The molecule has 0 aromatic heterocycles. The van der Waals surface area contributed by atoms with Crippen molar-refractivity contribution in [1.29, 1.82) is 0 Å². The van der Waals surface area contributed by atoms with Crippen LogP contribution in [-0.4, -0.2) is 0 Å². The standard InChI is InChI=1S/C11H14ClN/c1-7-6-10(7)11(13)8-2-4-9(12)5-3-8/h2-5,7,10-11H,6,13H2,1H3/t7-,10+,11+/m0/s1. The quantitative estimate of drug-likeness (QED) is 0.772. The molecule has 2 rings (SSSR count). The molecule has 0 saturated heterocycles. The maximum Gasteiger partial charge on any atom is 0.0406 e. The van der Waals surface area contributed by atoms with E-state index in [1.165, 1.54) is 12.0 Å². The lowest BCUT2D eigenvalue weighted by atomic mass is 10.0. The molecular weight excluding hydrogens is 182 g/mol. The first-order valence-electron chi connectivity index (χ1n) is 4.69. The van der Waals surface area contributed by atoms with Crippen LogP contribution in [0.2, 0.25) is 5.02 Å². The van der Waals surface area contributed by atoms with Gasteiger partial charge in [-0.15, -0.1) is 0 Å². The van der Waals surface area contributed by atoms with Gasteiger partial charge in [-0.25, -0.2) is 0 Å². The smallest absolute Gasteiger partial charge is 0.0406 e. The van der Waals surface area contributed by atoms with Crippen molar-refractivity contribution in [3.8, 4) is 0 Å². The predicted molar refractivity (Wildman–Crippen MR) is 55.7 cm³/mol. The van der Waals surface area contributed by atoms with Gasteiger partial charge in [0, 0.05) is 11.1 Å². The molecule has 0 aliphatic heterocycles. The van der Waals surface area contributed by atoms with E-state index in [1.54, 1.807) is 0 Å². The lowest BCUT2D eigenvalue weighted by Crippen LogP contribution is -2.13. The summed E-state index contributed by atoms with van der Waals surface area (Å²) < 4.78 is 0. The third-order valence-electron chi connectivity index (χ3n) is 2.89. The van der Waals surface area contributed by atoms with E-state index in [2.05, 4.69) is 6.92 Å². The van der Waals surface area contributed by atoms with Crippen molar-refractivity contribution in [2.75, 3.05) is 0 Å². The molecule has 0 bridgehead atoms. The molecule has 1 aromatic carbocycles. The zero-order chi connectivity index (χ0) is 9.42. The monoisotopic (exact) mass is 195 g/mol. The van der Waals surface area contributed by atoms with E-state index < -0.39 is 0 Å². The molecule has 1 fully saturated rings. The zero-order valence-electron chi connectivity index (χ0n) is 7.70. The molecule has 13 heavy (non-hydrogen) atoms. The fraction of sp³-hybridized carbons (Fsp3) is 0.455. The van der Waals surface area contributed by atoms with E-state index in [9.17, 15) is 0 Å². The van der Waals surface area contributed by atoms with Crippen molar-refractivity contribution in [3.63, 3.8) is 0 Å². The van der Waals surface area contributed by atoms with Crippen LogP contribution in [0.1, 0.15) is 24.9 Å². The highest BCUT2D eigenvalue weighted by atomic mass is 35.5. The lowest BCUT2D eigenvalue weighted by Gasteiger charge is -2.10. The molecule has 1 nitrogen and oxygen atoms in total. The Hall–Kier alpha value is -0.530. The minimum atomic E-state index is 0.201. The normalized spacial score (nSPS) is 28.5. The van der Waals surface area contributed by atoms with Gasteiger partial charge in [-0.1, -0.05) is 30.7 Å². The van der Waals surface area contributed by atoms with Gasteiger partial charge in [0.15, 0.2) is 0 Å². The second-order valence-corrected chi connectivity index (χ2v) is 4.39. The fourth-order valence-corrected chi connectivity index (χ4v) is 1.91. The van der Waals surface area contributed by atoms with Crippen LogP contribution >= 0.6 is 11.6 Å². The molecule has 1 aliphatic rings. The summed E-state index contributed by atoms with van der Waals surface area (Å²) in [6.07, 6.45) is 1.27. The van der Waals surface area contributed by atoms with Crippen molar-refractivity contribution in [3.05, 3.63) is 34.9 Å². The van der Waals surface area contributed by atoms with Crippen LogP contribution < -0.4 is 5.73 Å². The average molecular weight is 196 g/mol. The maximum absolute atomic E-state index is 6.10. The average Bonchev–Trinajstić information content (AvgIpc) is 2.83. The lowest BCUT2D eigenvalue weighted by molar-refractivity contribution is 0.593. The van der Waals surface area contributed by atoms with Crippen molar-refractivity contribution < 1.29 is 0 Å². The Balaban J connectivity index is 2.12. The second kappa shape index (κ2) is 3.32. The third kappa shape index (κ3) is 1.87. The first-order chi connectivity index (χ1) is 6.18. The number of nitrogens with two attached hydrogens (primary N) is 1. The molecule has 1 aliphatic carbocycles. The molecule has 2 heteroatoms. The Kier molecular flexibility index (Phi) is 2.31. The van der Waals surface area contributed by atoms with Gasteiger partial charge in [0.25, 0.3) is 0 Å². The highest BCUT2D eigenvalue weighted by Gasteiger charge is 2.38. The molecular formula is C11H14ClN. The maximum atomic E-state index is 6.10. The van der Waals surface area contributed by atoms with Crippen LogP contribution in [-0.2, 0) is 0 Å².